The summed E-state index contributed by atoms with van der Waals surface area (Å²) < 4.78 is 12.9. The summed E-state index contributed by atoms with van der Waals surface area (Å²) in [7, 11) is 1.67. The van der Waals surface area contributed by atoms with Gasteiger partial charge in [0.15, 0.2) is 6.04 Å². The first kappa shape index (κ1) is 18.2. The van der Waals surface area contributed by atoms with E-state index in [-0.39, 0.29) is 24.1 Å². The zero-order valence-electron chi connectivity index (χ0n) is 16.0. The Labute approximate surface area is 162 Å². The number of aromatic nitrogens is 3. The van der Waals surface area contributed by atoms with Gasteiger partial charge in [-0.1, -0.05) is 23.5 Å². The van der Waals surface area contributed by atoms with Gasteiger partial charge in [-0.05, 0) is 32.9 Å². The number of hydrogen-bond acceptors (Lipinski definition) is 6. The number of hydrogen-bond donors (Lipinski definition) is 2. The van der Waals surface area contributed by atoms with Crippen LogP contribution in [0, 0.1) is 6.92 Å². The van der Waals surface area contributed by atoms with Crippen molar-refractivity contribution >= 4 is 16.3 Å². The molecule has 8 heteroatoms. The summed E-state index contributed by atoms with van der Waals surface area (Å²) >= 11 is 1.49. The van der Waals surface area contributed by atoms with Crippen LogP contribution in [0.5, 0.6) is 11.6 Å². The summed E-state index contributed by atoms with van der Waals surface area (Å²) in [5, 5.41) is 15.2. The molecule has 0 radical (unpaired) electrons. The number of aryl methyl sites for hydroxylation is 1. The Morgan fingerprint density at radius 3 is 2.74 bits per heavy atom. The molecule has 1 aliphatic rings. The standard InChI is InChI=1S/C19H24N4O3S/c1-11-9-22(10-12(2)26-11)16(14-6-5-7-15(8-14)25-4)17-18(24)23-19(27-17)20-13(3)21-23/h5-8,11-12,16,24H,9-10H2,1-4H3/p+1/t11-,12-,16+/m1/s1. The third-order valence-corrected chi connectivity index (χ3v) is 6.05. The predicted molar refractivity (Wildman–Crippen MR) is 103 cm³/mol. The SMILES string of the molecule is COc1cccc([C@@H](c2sc3nc(C)nn3c2O)[NH+]2C[C@@H](C)O[C@H](C)C2)c1. The van der Waals surface area contributed by atoms with Gasteiger partial charge in [0.05, 0.1) is 7.11 Å². The summed E-state index contributed by atoms with van der Waals surface area (Å²) in [6.07, 6.45) is 0.312. The van der Waals surface area contributed by atoms with Crippen molar-refractivity contribution in [1.29, 1.82) is 0 Å². The normalized spacial score (nSPS) is 24.2. The Bertz CT molecular complexity index is 944. The Morgan fingerprint density at radius 1 is 1.33 bits per heavy atom. The minimum absolute atomic E-state index is 0.0392. The molecule has 0 spiro atoms. The van der Waals surface area contributed by atoms with Crippen molar-refractivity contribution in [2.45, 2.75) is 39.0 Å². The van der Waals surface area contributed by atoms with Crippen LogP contribution >= 0.6 is 11.3 Å². The van der Waals surface area contributed by atoms with Gasteiger partial charge in [0.25, 0.3) is 0 Å². The fourth-order valence-electron chi connectivity index (χ4n) is 3.98. The molecule has 4 rings (SSSR count). The van der Waals surface area contributed by atoms with Crippen molar-refractivity contribution in [3.63, 3.8) is 0 Å². The number of morpholine rings is 1. The van der Waals surface area contributed by atoms with E-state index in [2.05, 4.69) is 30.0 Å². The lowest BCUT2D eigenvalue weighted by molar-refractivity contribution is -0.939. The number of fused-ring (bicyclic) bond motifs is 1. The smallest absolute Gasteiger partial charge is 0.235 e. The second kappa shape index (κ2) is 7.10. The third kappa shape index (κ3) is 3.40. The summed E-state index contributed by atoms with van der Waals surface area (Å²) in [5.74, 6) is 1.63. The third-order valence-electron chi connectivity index (χ3n) is 4.97. The van der Waals surface area contributed by atoms with E-state index >= 15 is 0 Å². The number of rotatable bonds is 4. The lowest BCUT2D eigenvalue weighted by Crippen LogP contribution is -3.15. The molecule has 1 aromatic carbocycles. The van der Waals surface area contributed by atoms with E-state index in [9.17, 15) is 5.11 Å². The number of benzene rings is 1. The highest BCUT2D eigenvalue weighted by molar-refractivity contribution is 7.17. The van der Waals surface area contributed by atoms with Crippen molar-refractivity contribution in [2.75, 3.05) is 20.2 Å². The van der Waals surface area contributed by atoms with Gasteiger partial charge in [-0.15, -0.1) is 5.10 Å². The quantitative estimate of drug-likeness (QED) is 0.709. The highest BCUT2D eigenvalue weighted by Crippen LogP contribution is 2.36. The molecule has 1 saturated heterocycles. The molecule has 2 N–H and O–H groups in total. The maximum atomic E-state index is 10.9. The topological polar surface area (TPSA) is 73.3 Å². The van der Waals surface area contributed by atoms with E-state index < -0.39 is 0 Å². The highest BCUT2D eigenvalue weighted by Gasteiger charge is 2.37. The van der Waals surface area contributed by atoms with Gasteiger partial charge in [-0.3, -0.25) is 0 Å². The largest absolute Gasteiger partial charge is 0.497 e. The first-order chi connectivity index (χ1) is 13.0. The molecule has 0 aliphatic carbocycles. The average Bonchev–Trinajstić information content (AvgIpc) is 3.12. The number of nitrogens with one attached hydrogen (secondary N) is 1. The van der Waals surface area contributed by atoms with Gasteiger partial charge in [-0.25, -0.2) is 4.98 Å². The number of aromatic hydroxyl groups is 1. The molecule has 7 nitrogen and oxygen atoms in total. The zero-order chi connectivity index (χ0) is 19.1. The first-order valence-corrected chi connectivity index (χ1v) is 9.97. The number of quaternary nitrogens is 1. The highest BCUT2D eigenvalue weighted by atomic mass is 32.1. The number of thiazole rings is 1. The molecule has 1 fully saturated rings. The summed E-state index contributed by atoms with van der Waals surface area (Å²) in [6, 6.07) is 8.02. The van der Waals surface area contributed by atoms with Gasteiger partial charge in [0.2, 0.25) is 10.8 Å². The number of ether oxygens (including phenoxy) is 2. The maximum absolute atomic E-state index is 10.9. The Morgan fingerprint density at radius 2 is 2.07 bits per heavy atom. The molecule has 0 bridgehead atoms. The number of methoxy groups -OCH3 is 1. The van der Waals surface area contributed by atoms with Crippen molar-refractivity contribution in [3.8, 4) is 11.6 Å². The lowest BCUT2D eigenvalue weighted by Gasteiger charge is -2.37. The molecule has 27 heavy (non-hydrogen) atoms. The molecule has 1 aliphatic heterocycles. The van der Waals surface area contributed by atoms with Gasteiger partial charge in [-0.2, -0.15) is 4.52 Å². The van der Waals surface area contributed by atoms with Crippen LogP contribution < -0.4 is 9.64 Å². The molecule has 3 heterocycles. The van der Waals surface area contributed by atoms with E-state index in [1.165, 1.54) is 20.8 Å². The summed E-state index contributed by atoms with van der Waals surface area (Å²) in [5.41, 5.74) is 1.10. The molecular formula is C19H25N4O3S+. The zero-order valence-corrected chi connectivity index (χ0v) is 16.8. The van der Waals surface area contributed by atoms with Crippen molar-refractivity contribution < 1.29 is 19.5 Å². The molecule has 0 unspecified atom stereocenters. The second-order valence-corrected chi connectivity index (χ2v) is 8.19. The Balaban J connectivity index is 1.83. The van der Waals surface area contributed by atoms with Gasteiger partial charge < -0.3 is 19.5 Å². The molecule has 2 aromatic heterocycles. The van der Waals surface area contributed by atoms with Crippen LogP contribution in [0.25, 0.3) is 4.96 Å². The van der Waals surface area contributed by atoms with Crippen LogP contribution in [0.4, 0.5) is 0 Å². The molecule has 3 atom stereocenters. The van der Waals surface area contributed by atoms with Crippen LogP contribution in [0.2, 0.25) is 0 Å². The van der Waals surface area contributed by atoms with Crippen LogP contribution in [0.1, 0.15) is 36.2 Å². The Kier molecular flexibility index (Phi) is 4.79. The molecule has 144 valence electrons. The van der Waals surface area contributed by atoms with E-state index in [0.29, 0.717) is 10.8 Å². The van der Waals surface area contributed by atoms with Crippen LogP contribution in [-0.2, 0) is 4.74 Å². The van der Waals surface area contributed by atoms with Gasteiger partial charge in [0.1, 0.15) is 41.7 Å². The fraction of sp³-hybridized carbons (Fsp3) is 0.474. The monoisotopic (exact) mass is 389 g/mol. The van der Waals surface area contributed by atoms with Gasteiger partial charge >= 0.3 is 0 Å². The average molecular weight is 390 g/mol. The van der Waals surface area contributed by atoms with Crippen molar-refractivity contribution in [1.82, 2.24) is 14.6 Å². The van der Waals surface area contributed by atoms with Crippen LogP contribution in [-0.4, -0.2) is 52.1 Å². The summed E-state index contributed by atoms with van der Waals surface area (Å²) in [4.78, 5) is 7.36. The Hall–Kier alpha value is -2.16. The molecule has 0 saturated carbocycles. The van der Waals surface area contributed by atoms with E-state index in [0.717, 1.165) is 29.3 Å². The van der Waals surface area contributed by atoms with E-state index in [1.54, 1.807) is 7.11 Å². The van der Waals surface area contributed by atoms with Crippen molar-refractivity contribution in [3.05, 3.63) is 40.5 Å². The lowest BCUT2D eigenvalue weighted by atomic mass is 10.0. The van der Waals surface area contributed by atoms with Gasteiger partial charge in [0, 0.05) is 5.56 Å². The minimum Gasteiger partial charge on any atom is -0.497 e. The van der Waals surface area contributed by atoms with Crippen LogP contribution in [0.15, 0.2) is 24.3 Å². The van der Waals surface area contributed by atoms with Crippen LogP contribution in [0.3, 0.4) is 0 Å². The molecular weight excluding hydrogens is 364 g/mol. The van der Waals surface area contributed by atoms with E-state index in [4.69, 9.17) is 9.47 Å². The van der Waals surface area contributed by atoms with E-state index in [1.807, 2.05) is 25.1 Å². The molecule has 0 amide bonds. The van der Waals surface area contributed by atoms with Crippen molar-refractivity contribution in [2.24, 2.45) is 0 Å². The maximum Gasteiger partial charge on any atom is 0.235 e. The minimum atomic E-state index is -0.0392. The molecule has 3 aromatic rings. The second-order valence-electron chi connectivity index (χ2n) is 7.18. The number of nitrogens with zero attached hydrogens (tertiary/aromatic N) is 3. The predicted octanol–water partition coefficient (Wildman–Crippen LogP) is 1.59. The summed E-state index contributed by atoms with van der Waals surface area (Å²) in [6.45, 7) is 7.75. The first-order valence-electron chi connectivity index (χ1n) is 9.15. The fourth-order valence-corrected chi connectivity index (χ4v) is 5.17.